The Balaban J connectivity index is 3.29. The molecule has 1 unspecified atom stereocenters. The lowest BCUT2D eigenvalue weighted by Crippen LogP contribution is -2.29. The summed E-state index contributed by atoms with van der Waals surface area (Å²) in [7, 11) is 0. The van der Waals surface area contributed by atoms with Gasteiger partial charge in [0.05, 0.1) is 11.9 Å². The molecule has 1 rings (SSSR count). The molecule has 1 amide bonds. The minimum Gasteiger partial charge on any atom is -0.366 e. The Hall–Kier alpha value is -1.89. The molecule has 0 aliphatic carbocycles. The van der Waals surface area contributed by atoms with Crippen LogP contribution >= 0.6 is 0 Å². The van der Waals surface area contributed by atoms with Gasteiger partial charge in [0.2, 0.25) is 0 Å². The van der Waals surface area contributed by atoms with Crippen LogP contribution in [0.5, 0.6) is 0 Å². The molecular formula is C12H22N6O. The molecule has 6 N–H and O–H groups in total. The van der Waals surface area contributed by atoms with E-state index in [1.807, 2.05) is 20.8 Å². The van der Waals surface area contributed by atoms with Gasteiger partial charge < -0.3 is 22.1 Å². The van der Waals surface area contributed by atoms with E-state index in [1.54, 1.807) is 6.92 Å². The summed E-state index contributed by atoms with van der Waals surface area (Å²) in [6.07, 6.45) is 0.299. The third-order valence-corrected chi connectivity index (χ3v) is 2.33. The third kappa shape index (κ3) is 4.06. The zero-order valence-corrected chi connectivity index (χ0v) is 11.8. The largest absolute Gasteiger partial charge is 0.366 e. The number of hydrogen-bond acceptors (Lipinski definition) is 6. The van der Waals surface area contributed by atoms with Crippen LogP contribution in [0.2, 0.25) is 0 Å². The molecule has 0 bridgehead atoms. The molecule has 0 radical (unpaired) electrons. The summed E-state index contributed by atoms with van der Waals surface area (Å²) in [6.45, 7) is 7.69. The predicted molar refractivity (Wildman–Crippen MR) is 76.0 cm³/mol. The molecule has 1 aromatic heterocycles. The van der Waals surface area contributed by atoms with Crippen LogP contribution in [-0.4, -0.2) is 28.1 Å². The van der Waals surface area contributed by atoms with E-state index >= 15 is 0 Å². The highest BCUT2D eigenvalue weighted by molar-refractivity contribution is 5.95. The Morgan fingerprint density at radius 2 is 1.84 bits per heavy atom. The van der Waals surface area contributed by atoms with Crippen molar-refractivity contribution in [3.05, 3.63) is 11.4 Å². The number of nitrogens with two attached hydrogens (primary N) is 2. The van der Waals surface area contributed by atoms with Gasteiger partial charge in [0, 0.05) is 6.04 Å². The maximum atomic E-state index is 11.4. The smallest absolute Gasteiger partial charge is 0.271 e. The van der Waals surface area contributed by atoms with Gasteiger partial charge in [-0.1, -0.05) is 6.92 Å². The number of aromatic nitrogens is 2. The molecule has 19 heavy (non-hydrogen) atoms. The van der Waals surface area contributed by atoms with Gasteiger partial charge in [-0.15, -0.1) is 0 Å². The van der Waals surface area contributed by atoms with Crippen LogP contribution in [0.15, 0.2) is 0 Å². The third-order valence-electron chi connectivity index (χ3n) is 2.33. The minimum atomic E-state index is -0.624. The molecule has 1 atom stereocenters. The van der Waals surface area contributed by atoms with E-state index in [-0.39, 0.29) is 17.9 Å². The van der Waals surface area contributed by atoms with E-state index in [0.29, 0.717) is 23.8 Å². The molecule has 0 aliphatic heterocycles. The number of nitrogens with zero attached hydrogens (tertiary/aromatic N) is 2. The fraction of sp³-hybridized carbons (Fsp3) is 0.583. The Labute approximate surface area is 113 Å². The topological polar surface area (TPSA) is 119 Å². The maximum Gasteiger partial charge on any atom is 0.271 e. The highest BCUT2D eigenvalue weighted by Crippen LogP contribution is 2.19. The van der Waals surface area contributed by atoms with Crippen LogP contribution in [0.25, 0.3) is 0 Å². The summed E-state index contributed by atoms with van der Waals surface area (Å²) in [5, 5.41) is 6.08. The van der Waals surface area contributed by atoms with Gasteiger partial charge >= 0.3 is 0 Å². The number of carbonyl (C=O) groups is 1. The molecule has 0 spiro atoms. The average molecular weight is 266 g/mol. The van der Waals surface area contributed by atoms with E-state index in [4.69, 9.17) is 11.5 Å². The monoisotopic (exact) mass is 266 g/mol. The summed E-state index contributed by atoms with van der Waals surface area (Å²) >= 11 is 0. The number of aryl methyl sites for hydroxylation is 1. The summed E-state index contributed by atoms with van der Waals surface area (Å²) in [6, 6.07) is 0.210. The maximum absolute atomic E-state index is 11.4. The second kappa shape index (κ2) is 6.33. The van der Waals surface area contributed by atoms with Crippen molar-refractivity contribution >= 4 is 17.5 Å². The van der Waals surface area contributed by atoms with E-state index in [2.05, 4.69) is 20.6 Å². The van der Waals surface area contributed by atoms with Crippen molar-refractivity contribution in [2.24, 2.45) is 11.5 Å². The first-order valence-electron chi connectivity index (χ1n) is 6.34. The highest BCUT2D eigenvalue weighted by Gasteiger charge is 2.17. The first-order valence-corrected chi connectivity index (χ1v) is 6.34. The molecule has 106 valence electrons. The number of carbonyl (C=O) groups excluding carboxylic acids is 1. The van der Waals surface area contributed by atoms with Gasteiger partial charge in [-0.05, 0) is 27.2 Å². The molecular weight excluding hydrogens is 244 g/mol. The van der Waals surface area contributed by atoms with Gasteiger partial charge in [0.15, 0.2) is 11.5 Å². The van der Waals surface area contributed by atoms with E-state index in [1.165, 1.54) is 0 Å². The fourth-order valence-electron chi connectivity index (χ4n) is 1.59. The van der Waals surface area contributed by atoms with Gasteiger partial charge in [-0.25, -0.2) is 9.97 Å². The summed E-state index contributed by atoms with van der Waals surface area (Å²) in [5.41, 5.74) is 11.8. The lowest BCUT2D eigenvalue weighted by Gasteiger charge is -2.17. The van der Waals surface area contributed by atoms with Crippen LogP contribution < -0.4 is 22.1 Å². The Morgan fingerprint density at radius 3 is 2.26 bits per heavy atom. The van der Waals surface area contributed by atoms with Crippen LogP contribution in [0, 0.1) is 0 Å². The van der Waals surface area contributed by atoms with Crippen LogP contribution in [0.4, 0.5) is 11.6 Å². The number of hydrogen-bond donors (Lipinski definition) is 4. The first kappa shape index (κ1) is 15.2. The Kier molecular flexibility index (Phi) is 5.05. The quantitative estimate of drug-likeness (QED) is 0.562. The molecule has 7 nitrogen and oxygen atoms in total. The van der Waals surface area contributed by atoms with Crippen molar-refractivity contribution in [2.75, 3.05) is 10.6 Å². The van der Waals surface area contributed by atoms with Crippen molar-refractivity contribution in [3.63, 3.8) is 0 Å². The second-order valence-electron chi connectivity index (χ2n) is 4.67. The second-order valence-corrected chi connectivity index (χ2v) is 4.67. The number of nitrogens with one attached hydrogen (secondary N) is 2. The van der Waals surface area contributed by atoms with Gasteiger partial charge in [-0.3, -0.25) is 4.79 Å². The van der Waals surface area contributed by atoms with E-state index in [0.717, 1.165) is 0 Å². The normalized spacial score (nSPS) is 12.3. The van der Waals surface area contributed by atoms with E-state index < -0.39 is 5.91 Å². The van der Waals surface area contributed by atoms with Crippen molar-refractivity contribution in [2.45, 2.75) is 46.3 Å². The van der Waals surface area contributed by atoms with Gasteiger partial charge in [0.25, 0.3) is 5.91 Å². The molecule has 1 heterocycles. The van der Waals surface area contributed by atoms with Crippen LogP contribution in [0.3, 0.4) is 0 Å². The number of amides is 1. The number of anilines is 2. The molecule has 1 aromatic rings. The van der Waals surface area contributed by atoms with Crippen molar-refractivity contribution in [1.82, 2.24) is 9.97 Å². The first-order chi connectivity index (χ1) is 8.85. The molecule has 7 heteroatoms. The summed E-state index contributed by atoms with van der Waals surface area (Å²) in [5.74, 6) is 0.329. The van der Waals surface area contributed by atoms with Crippen molar-refractivity contribution in [1.29, 1.82) is 0 Å². The lowest BCUT2D eigenvalue weighted by atomic mass is 10.2. The van der Waals surface area contributed by atoms with Crippen LogP contribution in [0.1, 0.15) is 43.9 Å². The Morgan fingerprint density at radius 1 is 1.21 bits per heavy atom. The van der Waals surface area contributed by atoms with Gasteiger partial charge in [0.1, 0.15) is 5.82 Å². The fourth-order valence-corrected chi connectivity index (χ4v) is 1.59. The van der Waals surface area contributed by atoms with Crippen molar-refractivity contribution < 1.29 is 4.79 Å². The molecule has 0 aliphatic rings. The Bertz CT molecular complexity index is 458. The zero-order chi connectivity index (χ0) is 14.6. The summed E-state index contributed by atoms with van der Waals surface area (Å²) < 4.78 is 0. The highest BCUT2D eigenvalue weighted by atomic mass is 16.1. The molecule has 0 saturated carbocycles. The predicted octanol–water partition coefficient (Wildman–Crippen LogP) is 0.675. The lowest BCUT2D eigenvalue weighted by molar-refractivity contribution is 0.0996. The van der Waals surface area contributed by atoms with Crippen molar-refractivity contribution in [3.8, 4) is 0 Å². The standard InChI is InChI=1S/C12H22N6O/c1-5-8-11(15-6(2)3)18-12(16-7(4)13)9(17-8)10(14)19/h6-7H,5,13H2,1-4H3,(H2,14,19)(H2,15,16,18). The van der Waals surface area contributed by atoms with Crippen LogP contribution in [-0.2, 0) is 6.42 Å². The molecule has 0 saturated heterocycles. The summed E-state index contributed by atoms with van der Waals surface area (Å²) in [4.78, 5) is 20.1. The number of primary amides is 1. The zero-order valence-electron chi connectivity index (χ0n) is 11.8. The molecule has 0 aromatic carbocycles. The minimum absolute atomic E-state index is 0.114. The SMILES string of the molecule is CCc1nc(C(N)=O)c(NC(C)N)nc1NC(C)C. The van der Waals surface area contributed by atoms with E-state index in [9.17, 15) is 4.79 Å². The van der Waals surface area contributed by atoms with Gasteiger partial charge in [-0.2, -0.15) is 0 Å². The molecule has 0 fully saturated rings. The average Bonchev–Trinajstić information content (AvgIpc) is 2.27. The number of rotatable bonds is 6.